The van der Waals surface area contributed by atoms with Gasteiger partial charge in [-0.2, -0.15) is 8.42 Å². The summed E-state index contributed by atoms with van der Waals surface area (Å²) in [6.07, 6.45) is 0.715. The van der Waals surface area contributed by atoms with Crippen molar-refractivity contribution in [2.24, 2.45) is 0 Å². The molecule has 0 heterocycles. The van der Waals surface area contributed by atoms with Crippen LogP contribution in [0.5, 0.6) is 0 Å². The molecule has 0 rings (SSSR count). The molecule has 3 nitrogen and oxygen atoms in total. The van der Waals surface area contributed by atoms with Crippen molar-refractivity contribution in [3.63, 3.8) is 0 Å². The third-order valence-electron chi connectivity index (χ3n) is 0. The second kappa shape index (κ2) is 9.91. The minimum atomic E-state index is -3.67. The smallest absolute Gasteiger partial charge is 1.00 e. The van der Waals surface area contributed by atoms with Gasteiger partial charge in [-0.1, -0.05) is 0 Å². The van der Waals surface area contributed by atoms with Gasteiger partial charge >= 0.3 is 88.7 Å². The van der Waals surface area contributed by atoms with Gasteiger partial charge in [-0.15, -0.1) is 0 Å². The average molecular weight is 168 g/mol. The van der Waals surface area contributed by atoms with Crippen molar-refractivity contribution in [2.45, 2.75) is 0 Å². The molecule has 0 saturated carbocycles. The number of hydrogen-bond donors (Lipinski definition) is 1. The van der Waals surface area contributed by atoms with Crippen molar-refractivity contribution in [1.82, 2.24) is 0 Å². The van der Waals surface area contributed by atoms with Gasteiger partial charge in [0.2, 0.25) is 0 Å². The SMILES string of the molecule is CS(=O)(=O)O.[H-].[H-].[H-].[Na+].[Na+].[Na+]. The Morgan fingerprint density at radius 1 is 1.25 bits per heavy atom. The normalized spacial score (nSPS) is 7.25. The van der Waals surface area contributed by atoms with E-state index in [-0.39, 0.29) is 93.0 Å². The van der Waals surface area contributed by atoms with Crippen molar-refractivity contribution >= 4 is 10.1 Å². The predicted octanol–water partition coefficient (Wildman–Crippen LogP) is -9.15. The third kappa shape index (κ3) is 65.8. The number of rotatable bonds is 0. The first-order valence-corrected chi connectivity index (χ1v) is 2.77. The second-order valence-corrected chi connectivity index (χ2v) is 2.20. The van der Waals surface area contributed by atoms with E-state index < -0.39 is 10.1 Å². The molecule has 8 heavy (non-hydrogen) atoms. The van der Waals surface area contributed by atoms with E-state index >= 15 is 0 Å². The summed E-state index contributed by atoms with van der Waals surface area (Å²) in [6.45, 7) is 0. The molecule has 0 amide bonds. The number of hydrogen-bond acceptors (Lipinski definition) is 2. The van der Waals surface area contributed by atoms with Crippen molar-refractivity contribution in [2.75, 3.05) is 6.26 Å². The van der Waals surface area contributed by atoms with Gasteiger partial charge in [-0.3, -0.25) is 4.55 Å². The fourth-order valence-corrected chi connectivity index (χ4v) is 0. The van der Waals surface area contributed by atoms with E-state index in [1.54, 1.807) is 0 Å². The van der Waals surface area contributed by atoms with Crippen LogP contribution in [0.4, 0.5) is 0 Å². The molecule has 0 aromatic rings. The van der Waals surface area contributed by atoms with Gasteiger partial charge in [0, 0.05) is 0 Å². The van der Waals surface area contributed by atoms with Gasteiger partial charge in [0.25, 0.3) is 10.1 Å². The molecule has 0 saturated heterocycles. The zero-order chi connectivity index (χ0) is 4.50. The molecule has 0 aromatic carbocycles. The van der Waals surface area contributed by atoms with E-state index in [9.17, 15) is 8.42 Å². The fourth-order valence-electron chi connectivity index (χ4n) is 0. The van der Waals surface area contributed by atoms with Crippen molar-refractivity contribution in [3.8, 4) is 0 Å². The first kappa shape index (κ1) is 22.4. The largest absolute Gasteiger partial charge is 1.00 e. The van der Waals surface area contributed by atoms with Gasteiger partial charge in [-0.05, 0) is 0 Å². The van der Waals surface area contributed by atoms with Crippen molar-refractivity contribution in [3.05, 3.63) is 0 Å². The summed E-state index contributed by atoms with van der Waals surface area (Å²) in [6, 6.07) is 0. The Kier molecular flexibility index (Phi) is 27.8. The third-order valence-corrected chi connectivity index (χ3v) is 0. The van der Waals surface area contributed by atoms with Crippen LogP contribution in [0.3, 0.4) is 0 Å². The molecular weight excluding hydrogens is 161 g/mol. The van der Waals surface area contributed by atoms with E-state index in [4.69, 9.17) is 4.55 Å². The molecular formula is CH7Na3O3S. The first-order valence-electron chi connectivity index (χ1n) is 0.924. The zero-order valence-electron chi connectivity index (χ0n) is 8.67. The Balaban J connectivity index is -0.00000000533. The minimum Gasteiger partial charge on any atom is -1.00 e. The molecule has 0 aliphatic heterocycles. The first-order chi connectivity index (χ1) is 2.00. The average Bonchev–Trinajstić information content (AvgIpc) is 0.722. The summed E-state index contributed by atoms with van der Waals surface area (Å²) in [5.41, 5.74) is 0. The van der Waals surface area contributed by atoms with Crippen LogP contribution in [-0.2, 0) is 10.1 Å². The standard InChI is InChI=1S/CH4O3S.3Na.3H/c1-5(2,3)4;;;;;;/h1H3,(H,2,3,4);;;;;;/q;3*+1;3*-1. The van der Waals surface area contributed by atoms with Crippen LogP contribution < -0.4 is 88.7 Å². The topological polar surface area (TPSA) is 54.4 Å². The Bertz CT molecular complexity index is 107. The fraction of sp³-hybridized carbons (Fsp3) is 1.00. The Labute approximate surface area is 120 Å². The van der Waals surface area contributed by atoms with Gasteiger partial charge < -0.3 is 4.28 Å². The van der Waals surface area contributed by atoms with E-state index in [1.165, 1.54) is 0 Å². The van der Waals surface area contributed by atoms with Crippen LogP contribution in [-0.4, -0.2) is 19.2 Å². The molecule has 0 aromatic heterocycles. The van der Waals surface area contributed by atoms with Gasteiger partial charge in [0.05, 0.1) is 6.26 Å². The van der Waals surface area contributed by atoms with Gasteiger partial charge in [0.15, 0.2) is 0 Å². The van der Waals surface area contributed by atoms with E-state index in [2.05, 4.69) is 0 Å². The molecule has 1 N–H and O–H groups in total. The summed E-state index contributed by atoms with van der Waals surface area (Å²) in [7, 11) is -3.67. The molecule has 0 bridgehead atoms. The molecule has 0 aliphatic carbocycles. The molecule has 0 spiro atoms. The zero-order valence-corrected chi connectivity index (χ0v) is 12.5. The van der Waals surface area contributed by atoms with Crippen LogP contribution in [0.25, 0.3) is 0 Å². The molecule has 0 fully saturated rings. The predicted molar refractivity (Wildman–Crippen MR) is 20.8 cm³/mol. The summed E-state index contributed by atoms with van der Waals surface area (Å²) >= 11 is 0. The second-order valence-electron chi connectivity index (χ2n) is 0.733. The van der Waals surface area contributed by atoms with Crippen LogP contribution >= 0.6 is 0 Å². The molecule has 0 aliphatic rings. The summed E-state index contributed by atoms with van der Waals surface area (Å²) in [4.78, 5) is 0. The van der Waals surface area contributed by atoms with E-state index in [0.29, 0.717) is 6.26 Å². The maximum absolute atomic E-state index is 9.19. The van der Waals surface area contributed by atoms with Crippen LogP contribution in [0.1, 0.15) is 4.28 Å². The summed E-state index contributed by atoms with van der Waals surface area (Å²) < 4.78 is 25.9. The van der Waals surface area contributed by atoms with Gasteiger partial charge in [0.1, 0.15) is 0 Å². The van der Waals surface area contributed by atoms with Crippen LogP contribution in [0.2, 0.25) is 0 Å². The molecule has 0 atom stereocenters. The monoisotopic (exact) mass is 168 g/mol. The Morgan fingerprint density at radius 3 is 1.25 bits per heavy atom. The van der Waals surface area contributed by atoms with Crippen molar-refractivity contribution < 1.29 is 106 Å². The molecule has 0 radical (unpaired) electrons. The van der Waals surface area contributed by atoms with E-state index in [0.717, 1.165) is 0 Å². The van der Waals surface area contributed by atoms with E-state index in [1.807, 2.05) is 0 Å². The maximum Gasteiger partial charge on any atom is 1.00 e. The molecule has 7 heteroatoms. The molecule has 0 unspecified atom stereocenters. The van der Waals surface area contributed by atoms with Crippen molar-refractivity contribution in [1.29, 1.82) is 0 Å². The summed E-state index contributed by atoms with van der Waals surface area (Å²) in [5, 5.41) is 0. The Hall–Kier alpha value is 2.91. The minimum absolute atomic E-state index is 0. The summed E-state index contributed by atoms with van der Waals surface area (Å²) in [5.74, 6) is 0. The Morgan fingerprint density at radius 2 is 1.25 bits per heavy atom. The van der Waals surface area contributed by atoms with Crippen LogP contribution in [0.15, 0.2) is 0 Å². The molecule has 38 valence electrons. The maximum atomic E-state index is 9.19. The van der Waals surface area contributed by atoms with Gasteiger partial charge in [-0.25, -0.2) is 0 Å². The quantitative estimate of drug-likeness (QED) is 0.288. The van der Waals surface area contributed by atoms with Crippen LogP contribution in [0, 0.1) is 0 Å².